The first-order chi connectivity index (χ1) is 12.4. The van der Waals surface area contributed by atoms with Gasteiger partial charge in [-0.3, -0.25) is 0 Å². The Morgan fingerprint density at radius 3 is 2.00 bits per heavy atom. The van der Waals surface area contributed by atoms with Crippen molar-refractivity contribution in [1.82, 2.24) is 0 Å². The fourth-order valence-electron chi connectivity index (χ4n) is 2.82. The molecule has 0 fully saturated rings. The van der Waals surface area contributed by atoms with Crippen LogP contribution in [0.3, 0.4) is 0 Å². The van der Waals surface area contributed by atoms with Crippen molar-refractivity contribution < 1.29 is 27.4 Å². The molecule has 0 aliphatic heterocycles. The number of alkyl halides is 3. The Balaban J connectivity index is 2.43. The molecular weight excluding hydrogens is 345 g/mol. The highest BCUT2D eigenvalue weighted by molar-refractivity contribution is 5.83. The Labute approximate surface area is 150 Å². The molecule has 0 aliphatic carbocycles. The predicted octanol–water partition coefficient (Wildman–Crippen LogP) is 5.18. The first kappa shape index (κ1) is 20.0. The van der Waals surface area contributed by atoms with E-state index in [-0.39, 0.29) is 5.56 Å². The van der Waals surface area contributed by atoms with E-state index in [1.807, 2.05) is 6.92 Å². The predicted molar refractivity (Wildman–Crippen MR) is 91.4 cm³/mol. The fourth-order valence-corrected chi connectivity index (χ4v) is 2.82. The molecule has 2 aromatic rings. The van der Waals surface area contributed by atoms with E-state index in [0.29, 0.717) is 18.4 Å². The van der Waals surface area contributed by atoms with Gasteiger partial charge in [0.2, 0.25) is 0 Å². The molecule has 2 aromatic carbocycles. The summed E-state index contributed by atoms with van der Waals surface area (Å²) in [5.74, 6) is -1.47. The molecule has 0 heterocycles. The third kappa shape index (κ3) is 3.90. The molecule has 2 atom stereocenters. The molecule has 0 spiro atoms. The summed E-state index contributed by atoms with van der Waals surface area (Å²) in [5.41, 5.74) is -2.85. The van der Waals surface area contributed by atoms with E-state index in [1.165, 1.54) is 24.3 Å². The largest absolute Gasteiger partial charge is 0.455 e. The van der Waals surface area contributed by atoms with Crippen LogP contribution in [0.1, 0.15) is 37.0 Å². The SMILES string of the molecule is CCC[C@H](OC(=O)C(OC)(c1ccccc1)C(F)(F)F)c1ccccc1. The second-order valence-corrected chi connectivity index (χ2v) is 5.84. The summed E-state index contributed by atoms with van der Waals surface area (Å²) < 4.78 is 51.9. The number of halogens is 3. The Morgan fingerprint density at radius 2 is 1.54 bits per heavy atom. The van der Waals surface area contributed by atoms with Crippen LogP contribution in [0.15, 0.2) is 60.7 Å². The number of hydrogen-bond donors (Lipinski definition) is 0. The Morgan fingerprint density at radius 1 is 1.00 bits per heavy atom. The second-order valence-electron chi connectivity index (χ2n) is 5.84. The summed E-state index contributed by atoms with van der Waals surface area (Å²) in [6.07, 6.45) is -4.71. The number of hydrogen-bond acceptors (Lipinski definition) is 3. The second kappa shape index (κ2) is 8.36. The van der Waals surface area contributed by atoms with E-state index in [0.717, 1.165) is 7.11 Å². The molecular formula is C20H21F3O3. The Bertz CT molecular complexity index is 701. The number of benzene rings is 2. The summed E-state index contributed by atoms with van der Waals surface area (Å²) in [6, 6.07) is 15.5. The van der Waals surface area contributed by atoms with Crippen molar-refractivity contribution in [1.29, 1.82) is 0 Å². The number of esters is 1. The van der Waals surface area contributed by atoms with Gasteiger partial charge in [-0.15, -0.1) is 0 Å². The maximum atomic E-state index is 13.9. The van der Waals surface area contributed by atoms with Gasteiger partial charge in [-0.1, -0.05) is 74.0 Å². The highest BCUT2D eigenvalue weighted by Gasteiger charge is 2.64. The molecule has 0 amide bonds. The third-order valence-electron chi connectivity index (χ3n) is 4.14. The molecule has 3 nitrogen and oxygen atoms in total. The zero-order valence-electron chi connectivity index (χ0n) is 14.6. The highest BCUT2D eigenvalue weighted by atomic mass is 19.4. The van der Waals surface area contributed by atoms with Crippen LogP contribution in [-0.4, -0.2) is 19.3 Å². The zero-order chi connectivity index (χ0) is 19.2. The Hall–Kier alpha value is -2.34. The minimum Gasteiger partial charge on any atom is -0.455 e. The fraction of sp³-hybridized carbons (Fsp3) is 0.350. The van der Waals surface area contributed by atoms with Gasteiger partial charge in [0.25, 0.3) is 5.60 Å². The van der Waals surface area contributed by atoms with Crippen molar-refractivity contribution in [2.45, 2.75) is 37.6 Å². The van der Waals surface area contributed by atoms with Gasteiger partial charge in [0.15, 0.2) is 0 Å². The molecule has 2 rings (SSSR count). The highest BCUT2D eigenvalue weighted by Crippen LogP contribution is 2.44. The number of carbonyl (C=O) groups excluding carboxylic acids is 1. The number of carbonyl (C=O) groups is 1. The monoisotopic (exact) mass is 366 g/mol. The molecule has 0 saturated carbocycles. The lowest BCUT2D eigenvalue weighted by Gasteiger charge is -2.33. The van der Waals surface area contributed by atoms with E-state index in [1.54, 1.807) is 36.4 Å². The summed E-state index contributed by atoms with van der Waals surface area (Å²) in [4.78, 5) is 12.7. The van der Waals surface area contributed by atoms with Gasteiger partial charge in [0.1, 0.15) is 6.10 Å². The van der Waals surface area contributed by atoms with Crippen LogP contribution >= 0.6 is 0 Å². The van der Waals surface area contributed by atoms with Crippen molar-refractivity contribution in [2.24, 2.45) is 0 Å². The summed E-state index contributed by atoms with van der Waals surface area (Å²) in [5, 5.41) is 0. The van der Waals surface area contributed by atoms with E-state index in [2.05, 4.69) is 0 Å². The molecule has 0 N–H and O–H groups in total. The van der Waals surface area contributed by atoms with Crippen LogP contribution in [0.4, 0.5) is 13.2 Å². The zero-order valence-corrected chi connectivity index (χ0v) is 14.6. The lowest BCUT2D eigenvalue weighted by molar-refractivity contribution is -0.278. The quantitative estimate of drug-likeness (QED) is 0.634. The molecule has 0 radical (unpaired) electrons. The van der Waals surface area contributed by atoms with Crippen molar-refractivity contribution in [3.8, 4) is 0 Å². The van der Waals surface area contributed by atoms with Gasteiger partial charge >= 0.3 is 12.1 Å². The smallest absolute Gasteiger partial charge is 0.432 e. The maximum absolute atomic E-state index is 13.9. The van der Waals surface area contributed by atoms with Crippen molar-refractivity contribution in [2.75, 3.05) is 7.11 Å². The van der Waals surface area contributed by atoms with Crippen LogP contribution in [-0.2, 0) is 19.9 Å². The van der Waals surface area contributed by atoms with Crippen LogP contribution in [0.25, 0.3) is 0 Å². The van der Waals surface area contributed by atoms with Gasteiger partial charge < -0.3 is 9.47 Å². The van der Waals surface area contributed by atoms with E-state index >= 15 is 0 Å². The average Bonchev–Trinajstić information content (AvgIpc) is 2.63. The number of methoxy groups -OCH3 is 1. The van der Waals surface area contributed by atoms with Gasteiger partial charge in [-0.25, -0.2) is 4.79 Å². The molecule has 6 heteroatoms. The molecule has 0 aromatic heterocycles. The molecule has 140 valence electrons. The first-order valence-corrected chi connectivity index (χ1v) is 8.30. The van der Waals surface area contributed by atoms with Gasteiger partial charge in [-0.2, -0.15) is 13.2 Å². The van der Waals surface area contributed by atoms with E-state index in [9.17, 15) is 18.0 Å². The van der Waals surface area contributed by atoms with Crippen LogP contribution in [0, 0.1) is 0 Å². The minimum absolute atomic E-state index is 0.316. The topological polar surface area (TPSA) is 35.5 Å². The van der Waals surface area contributed by atoms with Crippen molar-refractivity contribution >= 4 is 5.97 Å². The van der Waals surface area contributed by atoms with Crippen LogP contribution in [0.5, 0.6) is 0 Å². The van der Waals surface area contributed by atoms with Gasteiger partial charge in [0, 0.05) is 12.7 Å². The average molecular weight is 366 g/mol. The van der Waals surface area contributed by atoms with Crippen LogP contribution < -0.4 is 0 Å². The third-order valence-corrected chi connectivity index (χ3v) is 4.14. The normalized spacial score (nSPS) is 15.1. The molecule has 0 bridgehead atoms. The lowest BCUT2D eigenvalue weighted by atomic mass is 9.92. The van der Waals surface area contributed by atoms with Crippen molar-refractivity contribution in [3.63, 3.8) is 0 Å². The van der Waals surface area contributed by atoms with E-state index in [4.69, 9.17) is 9.47 Å². The Kier molecular flexibility index (Phi) is 6.42. The number of rotatable bonds is 7. The minimum atomic E-state index is -4.98. The molecule has 0 aliphatic rings. The van der Waals surface area contributed by atoms with Crippen LogP contribution in [0.2, 0.25) is 0 Å². The molecule has 1 unspecified atom stereocenters. The number of ether oxygens (including phenoxy) is 2. The summed E-state index contributed by atoms with van der Waals surface area (Å²) in [6.45, 7) is 1.87. The maximum Gasteiger partial charge on any atom is 0.432 e. The van der Waals surface area contributed by atoms with E-state index < -0.39 is 23.9 Å². The lowest BCUT2D eigenvalue weighted by Crippen LogP contribution is -2.52. The standard InChI is InChI=1S/C20H21F3O3/c1-3-10-17(15-11-6-4-7-12-15)26-18(24)19(25-2,20(21,22)23)16-13-8-5-9-14-16/h4-9,11-14,17H,3,10H2,1-2H3/t17-,19?/m0/s1. The van der Waals surface area contributed by atoms with Crippen molar-refractivity contribution in [3.05, 3.63) is 71.8 Å². The molecule has 0 saturated heterocycles. The van der Waals surface area contributed by atoms with Gasteiger partial charge in [-0.05, 0) is 12.0 Å². The van der Waals surface area contributed by atoms with Gasteiger partial charge in [0.05, 0.1) is 0 Å². The first-order valence-electron chi connectivity index (χ1n) is 8.30. The summed E-state index contributed by atoms with van der Waals surface area (Å²) >= 11 is 0. The molecule has 26 heavy (non-hydrogen) atoms. The summed E-state index contributed by atoms with van der Waals surface area (Å²) in [7, 11) is 0.860.